The van der Waals surface area contributed by atoms with Gasteiger partial charge in [-0.1, -0.05) is 6.07 Å². The van der Waals surface area contributed by atoms with Crippen LogP contribution in [-0.2, 0) is 25.6 Å². The lowest BCUT2D eigenvalue weighted by Crippen LogP contribution is -2.28. The smallest absolute Gasteiger partial charge is 0.328 e. The number of Topliss-reactive ketones (excluding diaryl/α,β-unsaturated/α-hetero) is 1. The van der Waals surface area contributed by atoms with Crippen LogP contribution in [0.4, 0.5) is 0 Å². The topological polar surface area (TPSA) is 119 Å². The van der Waals surface area contributed by atoms with Crippen molar-refractivity contribution in [2.45, 2.75) is 74.3 Å². The third-order valence-electron chi connectivity index (χ3n) is 4.23. The van der Waals surface area contributed by atoms with Gasteiger partial charge in [0.1, 0.15) is 5.78 Å². The summed E-state index contributed by atoms with van der Waals surface area (Å²) in [5, 5.41) is 9.56. The lowest BCUT2D eigenvalue weighted by Gasteiger charge is -2.21. The van der Waals surface area contributed by atoms with Crippen molar-refractivity contribution in [2.75, 3.05) is 0 Å². The Hall–Kier alpha value is -3.03. The fraction of sp³-hybridized carbons (Fsp3) is 0.542. The van der Waals surface area contributed by atoms with Crippen LogP contribution in [0.2, 0.25) is 0 Å². The SMILES string of the molecule is CC(=O)CC(C)=N[C@@H](Cc1ccc(OC(=O)C(C)(C)C)c(OC(=O)C(C)(C)C)c1)C(=O)O. The fourth-order valence-electron chi connectivity index (χ4n) is 2.43. The maximum atomic E-state index is 12.4. The third kappa shape index (κ3) is 8.61. The molecule has 0 saturated heterocycles. The highest BCUT2D eigenvalue weighted by molar-refractivity contribution is 6.00. The summed E-state index contributed by atoms with van der Waals surface area (Å²) < 4.78 is 10.9. The summed E-state index contributed by atoms with van der Waals surface area (Å²) in [5.41, 5.74) is -0.649. The number of hydrogen-bond acceptors (Lipinski definition) is 7. The van der Waals surface area contributed by atoms with E-state index in [4.69, 9.17) is 9.47 Å². The van der Waals surface area contributed by atoms with E-state index in [1.807, 2.05) is 0 Å². The maximum absolute atomic E-state index is 12.4. The van der Waals surface area contributed by atoms with Gasteiger partial charge in [-0.05, 0) is 73.1 Å². The second kappa shape index (κ2) is 10.5. The fourth-order valence-corrected chi connectivity index (χ4v) is 2.43. The van der Waals surface area contributed by atoms with Crippen molar-refractivity contribution in [1.82, 2.24) is 0 Å². The Kier molecular flexibility index (Phi) is 8.88. The minimum absolute atomic E-state index is 0.00184. The molecule has 8 heteroatoms. The molecule has 0 heterocycles. The highest BCUT2D eigenvalue weighted by atomic mass is 16.6. The van der Waals surface area contributed by atoms with Gasteiger partial charge in [0.15, 0.2) is 17.5 Å². The molecule has 0 unspecified atom stereocenters. The summed E-state index contributed by atoms with van der Waals surface area (Å²) in [7, 11) is 0. The summed E-state index contributed by atoms with van der Waals surface area (Å²) in [6.45, 7) is 13.2. The zero-order chi connectivity index (χ0) is 24.9. The van der Waals surface area contributed by atoms with Crippen LogP contribution >= 0.6 is 0 Å². The van der Waals surface area contributed by atoms with Crippen LogP contribution < -0.4 is 9.47 Å². The minimum Gasteiger partial charge on any atom is -0.480 e. The molecule has 0 aromatic heterocycles. The largest absolute Gasteiger partial charge is 0.480 e. The second-order valence-corrected chi connectivity index (χ2v) is 9.86. The Bertz CT molecular complexity index is 917. The summed E-state index contributed by atoms with van der Waals surface area (Å²) in [6.07, 6.45) is 0.0675. The number of carboxylic acid groups (broad SMARTS) is 1. The molecule has 0 saturated carbocycles. The van der Waals surface area contributed by atoms with Crippen LogP contribution in [0.5, 0.6) is 11.5 Å². The number of carbonyl (C=O) groups excluding carboxylic acids is 3. The van der Waals surface area contributed by atoms with E-state index in [0.717, 1.165) is 0 Å². The lowest BCUT2D eigenvalue weighted by molar-refractivity contribution is -0.145. The molecule has 1 N–H and O–H groups in total. The molecule has 0 aliphatic rings. The van der Waals surface area contributed by atoms with Crippen molar-refractivity contribution >= 4 is 29.4 Å². The molecule has 0 radical (unpaired) electrons. The quantitative estimate of drug-likeness (QED) is 0.363. The van der Waals surface area contributed by atoms with Crippen LogP contribution in [0.15, 0.2) is 23.2 Å². The summed E-state index contributed by atoms with van der Waals surface area (Å²) in [5.74, 6) is -2.22. The molecule has 0 amide bonds. The first kappa shape index (κ1) is 27.0. The average Bonchev–Trinajstić information content (AvgIpc) is 2.60. The van der Waals surface area contributed by atoms with E-state index in [2.05, 4.69) is 4.99 Å². The molecule has 1 aromatic carbocycles. The number of benzene rings is 1. The van der Waals surface area contributed by atoms with E-state index in [0.29, 0.717) is 11.3 Å². The number of ether oxygens (including phenoxy) is 2. The number of esters is 2. The number of hydrogen-bond donors (Lipinski definition) is 1. The number of rotatable bonds is 8. The number of carbonyl (C=O) groups is 4. The zero-order valence-corrected chi connectivity index (χ0v) is 20.1. The summed E-state index contributed by atoms with van der Waals surface area (Å²) >= 11 is 0. The van der Waals surface area contributed by atoms with Gasteiger partial charge >= 0.3 is 17.9 Å². The minimum atomic E-state index is -1.15. The molecular formula is C24H33NO7. The molecule has 0 aliphatic carbocycles. The molecule has 1 atom stereocenters. The van der Waals surface area contributed by atoms with Crippen molar-refractivity contribution < 1.29 is 33.8 Å². The molecule has 1 aromatic rings. The summed E-state index contributed by atoms with van der Waals surface area (Å²) in [4.78, 5) is 51.9. The number of aliphatic imine (C=N–C) groups is 1. The molecule has 1 rings (SSSR count). The van der Waals surface area contributed by atoms with Crippen molar-refractivity contribution in [3.05, 3.63) is 23.8 Å². The second-order valence-electron chi connectivity index (χ2n) is 9.86. The molecule has 8 nitrogen and oxygen atoms in total. The van der Waals surface area contributed by atoms with Gasteiger partial charge in [0.05, 0.1) is 10.8 Å². The van der Waals surface area contributed by atoms with Gasteiger partial charge in [-0.3, -0.25) is 19.4 Å². The highest BCUT2D eigenvalue weighted by Crippen LogP contribution is 2.33. The van der Waals surface area contributed by atoms with Gasteiger partial charge in [0.25, 0.3) is 0 Å². The Morgan fingerprint density at radius 3 is 1.84 bits per heavy atom. The van der Waals surface area contributed by atoms with Crippen molar-refractivity contribution in [3.8, 4) is 11.5 Å². The van der Waals surface area contributed by atoms with E-state index in [1.165, 1.54) is 19.1 Å². The van der Waals surface area contributed by atoms with Crippen LogP contribution in [0.25, 0.3) is 0 Å². The first-order chi connectivity index (χ1) is 14.5. The van der Waals surface area contributed by atoms with Gasteiger partial charge in [-0.15, -0.1) is 0 Å². The number of aliphatic carboxylic acids is 1. The Labute approximate surface area is 189 Å². The normalized spacial score (nSPS) is 13.3. The van der Waals surface area contributed by atoms with Gasteiger partial charge < -0.3 is 14.6 Å². The Morgan fingerprint density at radius 2 is 1.41 bits per heavy atom. The third-order valence-corrected chi connectivity index (χ3v) is 4.23. The predicted octanol–water partition coefficient (Wildman–Crippen LogP) is 4.03. The van der Waals surface area contributed by atoms with Crippen LogP contribution in [0.1, 0.15) is 67.4 Å². The highest BCUT2D eigenvalue weighted by Gasteiger charge is 2.28. The van der Waals surface area contributed by atoms with Crippen molar-refractivity contribution in [1.29, 1.82) is 0 Å². The predicted molar refractivity (Wildman–Crippen MR) is 120 cm³/mol. The molecule has 0 fully saturated rings. The molecule has 0 bridgehead atoms. The summed E-state index contributed by atoms with van der Waals surface area (Å²) in [6, 6.07) is 3.41. The number of ketones is 1. The van der Waals surface area contributed by atoms with Crippen LogP contribution in [-0.4, -0.2) is 40.6 Å². The van der Waals surface area contributed by atoms with Gasteiger partial charge in [0, 0.05) is 18.6 Å². The number of carboxylic acids is 1. The van der Waals surface area contributed by atoms with Crippen LogP contribution in [0, 0.1) is 10.8 Å². The maximum Gasteiger partial charge on any atom is 0.328 e. The van der Waals surface area contributed by atoms with Gasteiger partial charge in [-0.25, -0.2) is 4.79 Å². The molecule has 32 heavy (non-hydrogen) atoms. The van der Waals surface area contributed by atoms with Gasteiger partial charge in [-0.2, -0.15) is 0 Å². The molecule has 0 spiro atoms. The number of nitrogens with zero attached hydrogens (tertiary/aromatic N) is 1. The van der Waals surface area contributed by atoms with E-state index in [9.17, 15) is 24.3 Å². The van der Waals surface area contributed by atoms with E-state index in [-0.39, 0.29) is 30.1 Å². The Balaban J connectivity index is 3.31. The van der Waals surface area contributed by atoms with E-state index < -0.39 is 34.8 Å². The molecule has 0 aliphatic heterocycles. The lowest BCUT2D eigenvalue weighted by atomic mass is 9.97. The van der Waals surface area contributed by atoms with Crippen LogP contribution in [0.3, 0.4) is 0 Å². The monoisotopic (exact) mass is 447 g/mol. The zero-order valence-electron chi connectivity index (χ0n) is 20.1. The van der Waals surface area contributed by atoms with E-state index >= 15 is 0 Å². The van der Waals surface area contributed by atoms with E-state index in [1.54, 1.807) is 54.5 Å². The first-order valence-electron chi connectivity index (χ1n) is 10.3. The average molecular weight is 448 g/mol. The standard InChI is InChI=1S/C24H33NO7/c1-14(11-15(2)26)25-17(20(27)28)12-16-9-10-18(31-21(29)23(3,4)5)19(13-16)32-22(30)24(6,7)8/h9-10,13,17H,11-12H2,1-8H3,(H,27,28)/t17-/m0/s1. The van der Waals surface area contributed by atoms with Crippen molar-refractivity contribution in [3.63, 3.8) is 0 Å². The molecular weight excluding hydrogens is 414 g/mol. The first-order valence-corrected chi connectivity index (χ1v) is 10.3. The Morgan fingerprint density at radius 1 is 0.906 bits per heavy atom. The molecule has 176 valence electrons. The van der Waals surface area contributed by atoms with Crippen molar-refractivity contribution in [2.24, 2.45) is 15.8 Å². The van der Waals surface area contributed by atoms with Gasteiger partial charge in [0.2, 0.25) is 0 Å².